The topological polar surface area (TPSA) is 67.1 Å². The minimum absolute atomic E-state index is 0. The van der Waals surface area contributed by atoms with Crippen molar-refractivity contribution in [1.82, 2.24) is 10.6 Å². The van der Waals surface area contributed by atoms with E-state index in [4.69, 9.17) is 5.73 Å². The van der Waals surface area contributed by atoms with Crippen LogP contribution in [0.4, 0.5) is 0 Å². The summed E-state index contributed by atoms with van der Waals surface area (Å²) in [5, 5.41) is 5.93. The van der Waals surface area contributed by atoms with E-state index in [2.05, 4.69) is 10.6 Å². The lowest BCUT2D eigenvalue weighted by Crippen LogP contribution is -2.47. The van der Waals surface area contributed by atoms with Crippen molar-refractivity contribution in [1.29, 1.82) is 0 Å². The van der Waals surface area contributed by atoms with E-state index in [-0.39, 0.29) is 30.4 Å². The largest absolute Gasteiger partial charge is 0.351 e. The van der Waals surface area contributed by atoms with E-state index in [1.807, 2.05) is 6.92 Å². The predicted molar refractivity (Wildman–Crippen MR) is 58.2 cm³/mol. The van der Waals surface area contributed by atoms with E-state index >= 15 is 0 Å². The standard InChI is InChI=1S/C7H15N3OS.ClH/c1-5(2-8)10-7(11)6-3-12-4-9-6;/h5-6,9H,2-4,8H2,1H3,(H,10,11);1H/t5-,6?;/m1./s1. The number of hydrogen-bond donors (Lipinski definition) is 3. The van der Waals surface area contributed by atoms with E-state index in [1.54, 1.807) is 11.8 Å². The molecule has 2 atom stereocenters. The molecule has 1 unspecified atom stereocenters. The number of nitrogens with two attached hydrogens (primary N) is 1. The summed E-state index contributed by atoms with van der Waals surface area (Å²) in [6.07, 6.45) is 0. The van der Waals surface area contributed by atoms with Crippen molar-refractivity contribution < 1.29 is 4.79 Å². The van der Waals surface area contributed by atoms with Crippen molar-refractivity contribution >= 4 is 30.1 Å². The maximum absolute atomic E-state index is 11.4. The number of amides is 1. The quantitative estimate of drug-likeness (QED) is 0.608. The lowest BCUT2D eigenvalue weighted by molar-refractivity contribution is -0.122. The molecule has 4 nitrogen and oxygen atoms in total. The Bertz CT molecular complexity index is 164. The van der Waals surface area contributed by atoms with Crippen LogP contribution in [0, 0.1) is 0 Å². The van der Waals surface area contributed by atoms with Gasteiger partial charge in [-0.1, -0.05) is 0 Å². The van der Waals surface area contributed by atoms with Crippen LogP contribution in [-0.2, 0) is 4.79 Å². The maximum Gasteiger partial charge on any atom is 0.238 e. The minimum atomic E-state index is -0.0241. The molecule has 0 spiro atoms. The molecule has 6 heteroatoms. The Balaban J connectivity index is 0.00000144. The zero-order chi connectivity index (χ0) is 8.97. The average Bonchev–Trinajstić information content (AvgIpc) is 2.56. The summed E-state index contributed by atoms with van der Waals surface area (Å²) < 4.78 is 0. The van der Waals surface area contributed by atoms with Gasteiger partial charge in [-0.3, -0.25) is 10.1 Å². The number of carbonyl (C=O) groups excluding carboxylic acids is 1. The van der Waals surface area contributed by atoms with Crippen LogP contribution < -0.4 is 16.4 Å². The molecule has 4 N–H and O–H groups in total. The fraction of sp³-hybridized carbons (Fsp3) is 0.857. The molecule has 1 aliphatic rings. The average molecular weight is 226 g/mol. The van der Waals surface area contributed by atoms with Crippen LogP contribution in [0.1, 0.15) is 6.92 Å². The van der Waals surface area contributed by atoms with E-state index < -0.39 is 0 Å². The molecular formula is C7H16ClN3OS. The molecule has 1 heterocycles. The van der Waals surface area contributed by atoms with E-state index in [1.165, 1.54) is 0 Å². The van der Waals surface area contributed by atoms with E-state index in [0.717, 1.165) is 11.6 Å². The van der Waals surface area contributed by atoms with Crippen molar-refractivity contribution in [2.75, 3.05) is 18.2 Å². The molecule has 0 bridgehead atoms. The molecular weight excluding hydrogens is 210 g/mol. The summed E-state index contributed by atoms with van der Waals surface area (Å²) in [5.74, 6) is 1.80. The third-order valence-electron chi connectivity index (χ3n) is 1.78. The number of halogens is 1. The first-order chi connectivity index (χ1) is 5.74. The SMILES string of the molecule is C[C@H](CN)NC(=O)C1CSCN1.Cl. The second kappa shape index (κ2) is 6.48. The van der Waals surface area contributed by atoms with Crippen LogP contribution in [-0.4, -0.2) is 36.2 Å². The maximum atomic E-state index is 11.4. The van der Waals surface area contributed by atoms with Crippen LogP contribution >= 0.6 is 24.2 Å². The monoisotopic (exact) mass is 225 g/mol. The zero-order valence-electron chi connectivity index (χ0n) is 7.58. The molecule has 1 fully saturated rings. The van der Waals surface area contributed by atoms with Gasteiger partial charge in [0.25, 0.3) is 0 Å². The third kappa shape index (κ3) is 4.17. The lowest BCUT2D eigenvalue weighted by Gasteiger charge is -2.14. The van der Waals surface area contributed by atoms with E-state index in [9.17, 15) is 4.79 Å². The Morgan fingerprint density at radius 3 is 3.00 bits per heavy atom. The molecule has 0 aromatic carbocycles. The second-order valence-electron chi connectivity index (χ2n) is 2.92. The molecule has 0 aromatic heterocycles. The van der Waals surface area contributed by atoms with Crippen LogP contribution in [0.25, 0.3) is 0 Å². The highest BCUT2D eigenvalue weighted by Crippen LogP contribution is 2.09. The first-order valence-corrected chi connectivity index (χ1v) is 5.21. The van der Waals surface area contributed by atoms with Crippen molar-refractivity contribution in [3.8, 4) is 0 Å². The van der Waals surface area contributed by atoms with Gasteiger partial charge in [0, 0.05) is 24.2 Å². The van der Waals surface area contributed by atoms with Crippen molar-refractivity contribution in [2.45, 2.75) is 19.0 Å². The summed E-state index contributed by atoms with van der Waals surface area (Å²) in [5.41, 5.74) is 5.38. The Kier molecular flexibility index (Phi) is 6.49. The first-order valence-electron chi connectivity index (χ1n) is 4.05. The predicted octanol–water partition coefficient (Wildman–Crippen LogP) is -0.466. The lowest BCUT2D eigenvalue weighted by atomic mass is 10.2. The molecule has 13 heavy (non-hydrogen) atoms. The number of nitrogens with one attached hydrogen (secondary N) is 2. The first kappa shape index (κ1) is 13.0. The number of thioether (sulfide) groups is 1. The molecule has 1 saturated heterocycles. The van der Waals surface area contributed by atoms with Crippen LogP contribution in [0.5, 0.6) is 0 Å². The third-order valence-corrected chi connectivity index (χ3v) is 2.71. The van der Waals surface area contributed by atoms with Gasteiger partial charge in [0.05, 0.1) is 6.04 Å². The Labute approximate surface area is 88.8 Å². The van der Waals surface area contributed by atoms with Crippen molar-refractivity contribution in [3.05, 3.63) is 0 Å². The molecule has 0 saturated carbocycles. The number of rotatable bonds is 3. The van der Waals surface area contributed by atoms with Gasteiger partial charge in [-0.15, -0.1) is 24.2 Å². The zero-order valence-corrected chi connectivity index (χ0v) is 9.21. The van der Waals surface area contributed by atoms with E-state index in [0.29, 0.717) is 6.54 Å². The highest BCUT2D eigenvalue weighted by atomic mass is 35.5. The second-order valence-corrected chi connectivity index (χ2v) is 3.95. The Morgan fingerprint density at radius 1 is 1.85 bits per heavy atom. The molecule has 1 aliphatic heterocycles. The van der Waals surface area contributed by atoms with Gasteiger partial charge < -0.3 is 11.1 Å². The fourth-order valence-corrected chi connectivity index (χ4v) is 1.91. The Hall–Kier alpha value is 0.0300. The highest BCUT2D eigenvalue weighted by Gasteiger charge is 2.22. The van der Waals surface area contributed by atoms with Gasteiger partial charge in [-0.05, 0) is 6.92 Å². The summed E-state index contributed by atoms with van der Waals surface area (Å²) in [7, 11) is 0. The van der Waals surface area contributed by atoms with Crippen molar-refractivity contribution in [2.24, 2.45) is 5.73 Å². The molecule has 0 aliphatic carbocycles. The number of hydrogen-bond acceptors (Lipinski definition) is 4. The molecule has 1 amide bonds. The van der Waals surface area contributed by atoms with Gasteiger partial charge in [0.2, 0.25) is 5.91 Å². The van der Waals surface area contributed by atoms with Crippen LogP contribution in [0.15, 0.2) is 0 Å². The van der Waals surface area contributed by atoms with Crippen molar-refractivity contribution in [3.63, 3.8) is 0 Å². The van der Waals surface area contributed by atoms with Crippen LogP contribution in [0.2, 0.25) is 0 Å². The van der Waals surface area contributed by atoms with Gasteiger partial charge >= 0.3 is 0 Å². The normalized spacial score (nSPS) is 23.4. The van der Waals surface area contributed by atoms with Gasteiger partial charge in [-0.2, -0.15) is 0 Å². The summed E-state index contributed by atoms with van der Waals surface area (Å²) in [4.78, 5) is 11.4. The summed E-state index contributed by atoms with van der Waals surface area (Å²) in [6.45, 7) is 2.39. The highest BCUT2D eigenvalue weighted by molar-refractivity contribution is 7.99. The summed E-state index contributed by atoms with van der Waals surface area (Å²) >= 11 is 1.74. The fourth-order valence-electron chi connectivity index (χ4n) is 0.966. The molecule has 0 aromatic rings. The minimum Gasteiger partial charge on any atom is -0.351 e. The molecule has 0 radical (unpaired) electrons. The smallest absolute Gasteiger partial charge is 0.238 e. The van der Waals surface area contributed by atoms with Crippen LogP contribution in [0.3, 0.4) is 0 Å². The number of carbonyl (C=O) groups is 1. The van der Waals surface area contributed by atoms with Gasteiger partial charge in [0.15, 0.2) is 0 Å². The van der Waals surface area contributed by atoms with Gasteiger partial charge in [-0.25, -0.2) is 0 Å². The van der Waals surface area contributed by atoms with Gasteiger partial charge in [0.1, 0.15) is 0 Å². The Morgan fingerprint density at radius 2 is 2.54 bits per heavy atom. The molecule has 1 rings (SSSR count). The molecule has 78 valence electrons. The summed E-state index contributed by atoms with van der Waals surface area (Å²) in [6, 6.07) is 0.0499.